The molecule has 0 aliphatic carbocycles. The molecule has 23 heavy (non-hydrogen) atoms. The van der Waals surface area contributed by atoms with E-state index in [-0.39, 0.29) is 40.6 Å². The van der Waals surface area contributed by atoms with E-state index < -0.39 is 10.1 Å². The molecule has 7 heteroatoms. The summed E-state index contributed by atoms with van der Waals surface area (Å²) in [6.45, 7) is 2.22. The van der Waals surface area contributed by atoms with Crippen molar-refractivity contribution >= 4 is 21.5 Å². The van der Waals surface area contributed by atoms with Crippen molar-refractivity contribution in [1.82, 2.24) is 0 Å². The molecule has 0 spiro atoms. The SMILES string of the molecule is CCCCCCCCCC1Nc2ccc(S(=O)(=O)[O-])cc2N1.[Na+]. The minimum Gasteiger partial charge on any atom is -0.744 e. The van der Waals surface area contributed by atoms with Crippen molar-refractivity contribution in [1.29, 1.82) is 0 Å². The fraction of sp³-hybridized carbons (Fsp3) is 0.625. The summed E-state index contributed by atoms with van der Waals surface area (Å²) in [5, 5.41) is 6.56. The Hall–Kier alpha value is -0.270. The van der Waals surface area contributed by atoms with Crippen LogP contribution in [0.3, 0.4) is 0 Å². The number of benzene rings is 1. The summed E-state index contributed by atoms with van der Waals surface area (Å²) in [6, 6.07) is 4.42. The number of anilines is 2. The Morgan fingerprint density at radius 3 is 2.26 bits per heavy atom. The molecule has 124 valence electrons. The molecule has 0 bridgehead atoms. The number of hydrogen-bond donors (Lipinski definition) is 2. The Balaban J connectivity index is 0.00000264. The molecule has 0 fully saturated rings. The van der Waals surface area contributed by atoms with E-state index in [2.05, 4.69) is 17.6 Å². The van der Waals surface area contributed by atoms with Crippen LogP contribution in [0, 0.1) is 0 Å². The van der Waals surface area contributed by atoms with Crippen LogP contribution in [0.5, 0.6) is 0 Å². The van der Waals surface area contributed by atoms with Crippen LogP contribution in [0.4, 0.5) is 11.4 Å². The summed E-state index contributed by atoms with van der Waals surface area (Å²) in [6.07, 6.45) is 9.98. The summed E-state index contributed by atoms with van der Waals surface area (Å²) in [7, 11) is -4.39. The smallest absolute Gasteiger partial charge is 0.744 e. The van der Waals surface area contributed by atoms with Gasteiger partial charge >= 0.3 is 29.6 Å². The molecular weight excluding hydrogens is 323 g/mol. The molecule has 5 nitrogen and oxygen atoms in total. The van der Waals surface area contributed by atoms with Crippen LogP contribution in [-0.2, 0) is 10.1 Å². The van der Waals surface area contributed by atoms with Gasteiger partial charge in [0.25, 0.3) is 0 Å². The third-order valence-electron chi connectivity index (χ3n) is 4.04. The number of unbranched alkanes of at least 4 members (excludes halogenated alkanes) is 6. The average Bonchev–Trinajstić information content (AvgIpc) is 2.87. The van der Waals surface area contributed by atoms with Gasteiger partial charge in [0, 0.05) is 0 Å². The molecule has 1 atom stereocenters. The van der Waals surface area contributed by atoms with E-state index in [1.165, 1.54) is 50.7 Å². The van der Waals surface area contributed by atoms with Gasteiger partial charge < -0.3 is 15.2 Å². The molecule has 0 aromatic heterocycles. The minimum atomic E-state index is -4.39. The zero-order chi connectivity index (χ0) is 16.0. The molecule has 1 aliphatic rings. The van der Waals surface area contributed by atoms with Crippen molar-refractivity contribution in [3.8, 4) is 0 Å². The maximum absolute atomic E-state index is 11.0. The fourth-order valence-corrected chi connectivity index (χ4v) is 3.28. The van der Waals surface area contributed by atoms with Crippen LogP contribution >= 0.6 is 0 Å². The molecular formula is C16H25N2NaO3S. The molecule has 1 unspecified atom stereocenters. The zero-order valence-corrected chi connectivity index (χ0v) is 16.9. The maximum atomic E-state index is 11.0. The van der Waals surface area contributed by atoms with E-state index in [1.807, 2.05) is 0 Å². The first kappa shape index (κ1) is 20.8. The van der Waals surface area contributed by atoms with Gasteiger partial charge in [-0.2, -0.15) is 0 Å². The molecule has 2 rings (SSSR count). The third-order valence-corrected chi connectivity index (χ3v) is 4.87. The quantitative estimate of drug-likeness (QED) is 0.394. The molecule has 0 saturated heterocycles. The molecule has 0 saturated carbocycles. The number of rotatable bonds is 9. The van der Waals surface area contributed by atoms with Crippen LogP contribution in [0.15, 0.2) is 23.1 Å². The first-order valence-corrected chi connectivity index (χ1v) is 9.54. The molecule has 1 aromatic carbocycles. The van der Waals surface area contributed by atoms with Crippen molar-refractivity contribution in [3.05, 3.63) is 18.2 Å². The zero-order valence-electron chi connectivity index (χ0n) is 14.1. The van der Waals surface area contributed by atoms with Crippen LogP contribution < -0.4 is 40.2 Å². The van der Waals surface area contributed by atoms with E-state index in [4.69, 9.17) is 0 Å². The summed E-state index contributed by atoms with van der Waals surface area (Å²) in [5.74, 6) is 0. The van der Waals surface area contributed by atoms with Crippen molar-refractivity contribution in [2.75, 3.05) is 10.6 Å². The van der Waals surface area contributed by atoms with Crippen molar-refractivity contribution in [2.45, 2.75) is 69.4 Å². The topological polar surface area (TPSA) is 81.3 Å². The fourth-order valence-electron chi connectivity index (χ4n) is 2.79. The van der Waals surface area contributed by atoms with E-state index in [9.17, 15) is 13.0 Å². The van der Waals surface area contributed by atoms with Gasteiger partial charge in [-0.1, -0.05) is 45.4 Å². The second-order valence-electron chi connectivity index (χ2n) is 5.91. The van der Waals surface area contributed by atoms with E-state index >= 15 is 0 Å². The second-order valence-corrected chi connectivity index (χ2v) is 7.29. The van der Waals surface area contributed by atoms with Crippen molar-refractivity contribution in [2.24, 2.45) is 0 Å². The predicted molar refractivity (Wildman–Crippen MR) is 88.0 cm³/mol. The Morgan fingerprint density at radius 2 is 1.61 bits per heavy atom. The van der Waals surface area contributed by atoms with E-state index in [1.54, 1.807) is 6.07 Å². The van der Waals surface area contributed by atoms with Gasteiger partial charge in [0.05, 0.1) is 22.4 Å². The minimum absolute atomic E-state index is 0. The molecule has 1 aliphatic heterocycles. The van der Waals surface area contributed by atoms with Crippen LogP contribution in [-0.4, -0.2) is 19.1 Å². The Kier molecular flexibility index (Phi) is 8.93. The van der Waals surface area contributed by atoms with E-state index in [0.29, 0.717) is 5.69 Å². The maximum Gasteiger partial charge on any atom is 1.00 e. The standard InChI is InChI=1S/C16H26N2O3S.Na/c1-2-3-4-5-6-7-8-9-16-17-14-11-10-13(22(19,20)21)12-15(14)18-16;/h10-12,16-18H,2-9H2,1H3,(H,19,20,21);/q;+1/p-1. The Labute approximate surface area is 161 Å². The van der Waals surface area contributed by atoms with Crippen LogP contribution in [0.2, 0.25) is 0 Å². The largest absolute Gasteiger partial charge is 1.00 e. The van der Waals surface area contributed by atoms with Gasteiger partial charge in [0.15, 0.2) is 0 Å². The molecule has 1 aromatic rings. The first-order valence-electron chi connectivity index (χ1n) is 8.13. The summed E-state index contributed by atoms with van der Waals surface area (Å²) >= 11 is 0. The third kappa shape index (κ3) is 6.63. The van der Waals surface area contributed by atoms with E-state index in [0.717, 1.165) is 18.5 Å². The average molecular weight is 348 g/mol. The van der Waals surface area contributed by atoms with Gasteiger partial charge in [0.1, 0.15) is 10.1 Å². The van der Waals surface area contributed by atoms with Crippen molar-refractivity contribution < 1.29 is 42.5 Å². The summed E-state index contributed by atoms with van der Waals surface area (Å²) in [5.41, 5.74) is 1.56. The number of fused-ring (bicyclic) bond motifs is 1. The number of hydrogen-bond acceptors (Lipinski definition) is 5. The monoisotopic (exact) mass is 348 g/mol. The normalized spacial score (nSPS) is 16.2. The second kappa shape index (κ2) is 9.89. The van der Waals surface area contributed by atoms with Gasteiger partial charge in [-0.15, -0.1) is 0 Å². The number of nitrogens with one attached hydrogen (secondary N) is 2. The van der Waals surface area contributed by atoms with Gasteiger partial charge in [-0.05, 0) is 31.0 Å². The van der Waals surface area contributed by atoms with Crippen LogP contribution in [0.1, 0.15) is 58.3 Å². The Bertz CT molecular complexity index is 593. The Morgan fingerprint density at radius 1 is 1.00 bits per heavy atom. The molecule has 1 heterocycles. The molecule has 2 N–H and O–H groups in total. The summed E-state index contributed by atoms with van der Waals surface area (Å²) in [4.78, 5) is -0.183. The first-order chi connectivity index (χ1) is 10.5. The van der Waals surface area contributed by atoms with Crippen molar-refractivity contribution in [3.63, 3.8) is 0 Å². The predicted octanol–water partition coefficient (Wildman–Crippen LogP) is 0.899. The van der Waals surface area contributed by atoms with Crippen LogP contribution in [0.25, 0.3) is 0 Å². The molecule has 0 radical (unpaired) electrons. The van der Waals surface area contributed by atoms with Gasteiger partial charge in [0.2, 0.25) is 0 Å². The van der Waals surface area contributed by atoms with Gasteiger partial charge in [-0.3, -0.25) is 0 Å². The summed E-state index contributed by atoms with van der Waals surface area (Å²) < 4.78 is 33.1. The molecule has 0 amide bonds. The van der Waals surface area contributed by atoms with Gasteiger partial charge in [-0.25, -0.2) is 8.42 Å².